The number of hydrogen-bond acceptors (Lipinski definition) is 7. The van der Waals surface area contributed by atoms with Crippen LogP contribution in [0.25, 0.3) is 11.4 Å². The number of hydrogen-bond donors (Lipinski definition) is 2. The lowest BCUT2D eigenvalue weighted by atomic mass is 9.87. The van der Waals surface area contributed by atoms with E-state index in [-0.39, 0.29) is 18.1 Å². The van der Waals surface area contributed by atoms with Crippen molar-refractivity contribution in [3.05, 3.63) is 17.8 Å². The summed E-state index contributed by atoms with van der Waals surface area (Å²) in [5, 5.41) is 20.2. The maximum absolute atomic E-state index is 12.3. The van der Waals surface area contributed by atoms with E-state index in [0.717, 1.165) is 25.7 Å². The quantitative estimate of drug-likeness (QED) is 0.625. The Morgan fingerprint density at radius 1 is 1.28 bits per heavy atom. The predicted octanol–water partition coefficient (Wildman–Crippen LogP) is 3.94. The maximum Gasteiger partial charge on any atom is 0.413 e. The molecule has 32 heavy (non-hydrogen) atoms. The van der Waals surface area contributed by atoms with E-state index in [0.29, 0.717) is 41.5 Å². The topological polar surface area (TPSA) is 128 Å². The zero-order chi connectivity index (χ0) is 23.3. The molecular formula is C22H31N5O5. The highest BCUT2D eigenvalue weighted by molar-refractivity contribution is 5.88. The van der Waals surface area contributed by atoms with E-state index in [1.807, 2.05) is 20.8 Å². The summed E-state index contributed by atoms with van der Waals surface area (Å²) in [5.41, 5.74) is 1.61. The molecule has 2 aromatic heterocycles. The van der Waals surface area contributed by atoms with Crippen LogP contribution in [0.2, 0.25) is 0 Å². The van der Waals surface area contributed by atoms with Crippen LogP contribution in [-0.4, -0.2) is 49.4 Å². The van der Waals surface area contributed by atoms with E-state index in [9.17, 15) is 14.7 Å². The number of carbonyl (C=O) groups excluding carboxylic acids is 1. The monoisotopic (exact) mass is 445 g/mol. The lowest BCUT2D eigenvalue weighted by Crippen LogP contribution is -2.29. The van der Waals surface area contributed by atoms with Crippen molar-refractivity contribution in [2.24, 2.45) is 13.0 Å². The minimum Gasteiger partial charge on any atom is -0.489 e. The van der Waals surface area contributed by atoms with Crippen molar-refractivity contribution < 1.29 is 24.2 Å². The van der Waals surface area contributed by atoms with Gasteiger partial charge in [-0.3, -0.25) is 10.1 Å². The Hall–Kier alpha value is -3.17. The molecular weight excluding hydrogens is 414 g/mol. The smallest absolute Gasteiger partial charge is 0.413 e. The summed E-state index contributed by atoms with van der Waals surface area (Å²) < 4.78 is 12.9. The molecule has 1 fully saturated rings. The first-order valence-corrected chi connectivity index (χ1v) is 11.1. The minimum absolute atomic E-state index is 0.148. The van der Waals surface area contributed by atoms with Gasteiger partial charge in [0.25, 0.3) is 0 Å². The number of pyridine rings is 1. The zero-order valence-corrected chi connectivity index (χ0v) is 19.0. The molecule has 1 amide bonds. The van der Waals surface area contributed by atoms with Crippen LogP contribution >= 0.6 is 0 Å². The lowest BCUT2D eigenvalue weighted by Gasteiger charge is -2.27. The number of carboxylic acids is 1. The normalized spacial score (nSPS) is 18.4. The van der Waals surface area contributed by atoms with Gasteiger partial charge < -0.3 is 14.6 Å². The summed E-state index contributed by atoms with van der Waals surface area (Å²) in [7, 11) is 1.68. The van der Waals surface area contributed by atoms with Gasteiger partial charge in [-0.1, -0.05) is 19.1 Å². The van der Waals surface area contributed by atoms with Crippen molar-refractivity contribution in [1.29, 1.82) is 0 Å². The van der Waals surface area contributed by atoms with Gasteiger partial charge in [0.15, 0.2) is 11.5 Å². The van der Waals surface area contributed by atoms with Gasteiger partial charge in [-0.15, -0.1) is 5.10 Å². The molecule has 0 spiro atoms. The molecule has 1 aliphatic carbocycles. The fourth-order valence-electron chi connectivity index (χ4n) is 3.86. The fraction of sp³-hybridized carbons (Fsp3) is 0.591. The molecule has 174 valence electrons. The molecule has 0 saturated heterocycles. The Bertz CT molecular complexity index is 956. The number of amides is 1. The molecule has 10 nitrogen and oxygen atoms in total. The van der Waals surface area contributed by atoms with E-state index in [1.165, 1.54) is 4.68 Å². The van der Waals surface area contributed by atoms with Gasteiger partial charge in [0.2, 0.25) is 0 Å². The highest BCUT2D eigenvalue weighted by Gasteiger charge is 2.28. The summed E-state index contributed by atoms with van der Waals surface area (Å²) in [6.45, 7) is 5.75. The third-order valence-electron chi connectivity index (χ3n) is 5.78. The van der Waals surface area contributed by atoms with Crippen molar-refractivity contribution in [2.75, 3.05) is 5.32 Å². The van der Waals surface area contributed by atoms with Gasteiger partial charge in [-0.2, -0.15) is 0 Å². The first-order chi connectivity index (χ1) is 15.3. The number of carboxylic acid groups (broad SMARTS) is 1. The number of ether oxygens (including phenoxy) is 2. The lowest BCUT2D eigenvalue weighted by molar-refractivity contribution is -0.143. The first kappa shape index (κ1) is 23.5. The van der Waals surface area contributed by atoms with Gasteiger partial charge in [0, 0.05) is 7.05 Å². The Kier molecular flexibility index (Phi) is 7.66. The molecule has 2 atom stereocenters. The SMILES string of the molecule is CCC(CC)OC(=O)Nc1c(-c2ccc(O[C@H]3CCC[C@H](C(=O)O)C3)c(C)n2)nnn1C. The molecule has 2 N–H and O–H groups in total. The highest BCUT2D eigenvalue weighted by atomic mass is 16.6. The van der Waals surface area contributed by atoms with E-state index >= 15 is 0 Å². The molecule has 2 aromatic rings. The fourth-order valence-corrected chi connectivity index (χ4v) is 3.86. The van der Waals surface area contributed by atoms with Crippen molar-refractivity contribution in [2.45, 2.75) is 71.5 Å². The van der Waals surface area contributed by atoms with Crippen molar-refractivity contribution in [1.82, 2.24) is 20.0 Å². The molecule has 1 saturated carbocycles. The molecule has 1 aliphatic rings. The molecule has 0 radical (unpaired) electrons. The van der Waals surface area contributed by atoms with E-state index in [1.54, 1.807) is 19.2 Å². The first-order valence-electron chi connectivity index (χ1n) is 11.1. The number of carbonyl (C=O) groups is 2. The Labute approximate surface area is 187 Å². The van der Waals surface area contributed by atoms with E-state index in [2.05, 4.69) is 20.6 Å². The van der Waals surface area contributed by atoms with Crippen LogP contribution in [-0.2, 0) is 16.6 Å². The summed E-state index contributed by atoms with van der Waals surface area (Å²) in [4.78, 5) is 28.2. The average molecular weight is 446 g/mol. The molecule has 0 unspecified atom stereocenters. The molecule has 10 heteroatoms. The Balaban J connectivity index is 1.74. The highest BCUT2D eigenvalue weighted by Crippen LogP contribution is 2.31. The summed E-state index contributed by atoms with van der Waals surface area (Å²) in [5.74, 6) is -0.141. The van der Waals surface area contributed by atoms with E-state index < -0.39 is 12.1 Å². The van der Waals surface area contributed by atoms with Gasteiger partial charge in [0.05, 0.1) is 23.4 Å². The minimum atomic E-state index is -0.770. The van der Waals surface area contributed by atoms with Crippen LogP contribution in [0.15, 0.2) is 12.1 Å². The number of nitrogens with zero attached hydrogens (tertiary/aromatic N) is 4. The van der Waals surface area contributed by atoms with Gasteiger partial charge in [-0.25, -0.2) is 14.5 Å². The average Bonchev–Trinajstić information content (AvgIpc) is 3.13. The van der Waals surface area contributed by atoms with Crippen LogP contribution in [0.1, 0.15) is 58.1 Å². The largest absolute Gasteiger partial charge is 0.489 e. The second kappa shape index (κ2) is 10.4. The number of aryl methyl sites for hydroxylation is 2. The van der Waals surface area contributed by atoms with Gasteiger partial charge in [-0.05, 0) is 57.6 Å². The van der Waals surface area contributed by atoms with Crippen LogP contribution in [0, 0.1) is 12.8 Å². The molecule has 0 aromatic carbocycles. The maximum atomic E-state index is 12.3. The third-order valence-corrected chi connectivity index (χ3v) is 5.78. The van der Waals surface area contributed by atoms with E-state index in [4.69, 9.17) is 9.47 Å². The number of anilines is 1. The zero-order valence-electron chi connectivity index (χ0n) is 19.0. The molecule has 2 heterocycles. The van der Waals surface area contributed by atoms with Gasteiger partial charge >= 0.3 is 12.1 Å². The van der Waals surface area contributed by atoms with Crippen LogP contribution in [0.3, 0.4) is 0 Å². The number of aliphatic carboxylic acids is 1. The van der Waals surface area contributed by atoms with Crippen molar-refractivity contribution in [3.8, 4) is 17.1 Å². The molecule has 0 bridgehead atoms. The summed E-state index contributed by atoms with van der Waals surface area (Å²) >= 11 is 0. The second-order valence-electron chi connectivity index (χ2n) is 8.10. The summed E-state index contributed by atoms with van der Waals surface area (Å²) in [6, 6.07) is 3.55. The Morgan fingerprint density at radius 3 is 2.69 bits per heavy atom. The van der Waals surface area contributed by atoms with Crippen LogP contribution in [0.5, 0.6) is 5.75 Å². The number of nitrogens with one attached hydrogen (secondary N) is 1. The van der Waals surface area contributed by atoms with Gasteiger partial charge in [0.1, 0.15) is 11.9 Å². The summed E-state index contributed by atoms with van der Waals surface area (Å²) in [6.07, 6.45) is 3.43. The molecule has 0 aliphatic heterocycles. The van der Waals surface area contributed by atoms with Crippen LogP contribution in [0.4, 0.5) is 10.6 Å². The van der Waals surface area contributed by atoms with Crippen molar-refractivity contribution >= 4 is 17.9 Å². The van der Waals surface area contributed by atoms with Crippen LogP contribution < -0.4 is 10.1 Å². The van der Waals surface area contributed by atoms with Crippen molar-refractivity contribution in [3.63, 3.8) is 0 Å². The number of aromatic nitrogens is 4. The number of rotatable bonds is 8. The predicted molar refractivity (Wildman–Crippen MR) is 117 cm³/mol. The standard InChI is InChI=1S/C22H31N5O5/c1-5-15(6-2)32-22(30)24-20-19(25-26-27(20)4)17-10-11-18(13(3)23-17)31-16-9-7-8-14(12-16)21(28)29/h10-11,14-16H,5-9,12H2,1-4H3,(H,24,30)(H,28,29)/t14-,16-/m0/s1. The Morgan fingerprint density at radius 2 is 2.03 bits per heavy atom. The molecule has 3 rings (SSSR count). The third kappa shape index (κ3) is 5.54. The second-order valence-corrected chi connectivity index (χ2v) is 8.10.